The minimum Gasteiger partial charge on any atom is -0.481 e. The molecule has 0 N–H and O–H groups in total. The van der Waals surface area contributed by atoms with Gasteiger partial charge in [0.05, 0.1) is 12.8 Å². The Morgan fingerprint density at radius 2 is 1.88 bits per heavy atom. The molecule has 0 unspecified atom stereocenters. The number of carbonyl (C=O) groups is 3. The first-order valence-electron chi connectivity index (χ1n) is 12.7. The highest BCUT2D eigenvalue weighted by Gasteiger charge is 2.58. The van der Waals surface area contributed by atoms with E-state index in [1.165, 1.54) is 19.2 Å². The smallest absolute Gasteiger partial charge is 0.418 e. The number of amides is 3. The molecule has 1 saturated heterocycles. The number of methoxy groups -OCH3 is 1. The molecule has 1 aromatic heterocycles. The minimum absolute atomic E-state index is 0.116. The Bertz CT molecular complexity index is 1510. The molecule has 5 rings (SSSR count). The molecule has 1 spiro atoms. The Morgan fingerprint density at radius 3 is 2.56 bits per heavy atom. The maximum atomic E-state index is 13.7. The monoisotopic (exact) mass is 571 g/mol. The number of imide groups is 1. The van der Waals surface area contributed by atoms with Crippen LogP contribution >= 0.6 is 0 Å². The summed E-state index contributed by atoms with van der Waals surface area (Å²) in [7, 11) is 1.50. The Labute approximate surface area is 232 Å². The van der Waals surface area contributed by atoms with Crippen LogP contribution in [0.3, 0.4) is 0 Å². The standard InChI is InChI=1S/C29H25F4N3O5/c1-17(29(31,32)33)35(15-18-6-9-21(30)10-7-18)25(37)16-36-26(38)28(41-27(36)39)13-12-19-14-20(8-11-22(19)28)23-4-3-5-24(34-23)40-2/h3-11,14,17H,12-13,15-16H2,1-2H3/t17-,28+/m0/s1. The first kappa shape index (κ1) is 28.1. The van der Waals surface area contributed by atoms with Crippen molar-refractivity contribution in [1.82, 2.24) is 14.8 Å². The number of ether oxygens (including phenoxy) is 2. The second-order valence-electron chi connectivity index (χ2n) is 9.89. The van der Waals surface area contributed by atoms with E-state index in [1.54, 1.807) is 30.3 Å². The van der Waals surface area contributed by atoms with Crippen LogP contribution < -0.4 is 4.74 Å². The lowest BCUT2D eigenvalue weighted by atomic mass is 9.93. The molecule has 2 aromatic carbocycles. The Kier molecular flexibility index (Phi) is 7.18. The summed E-state index contributed by atoms with van der Waals surface area (Å²) >= 11 is 0. The van der Waals surface area contributed by atoms with Gasteiger partial charge in [0, 0.05) is 30.2 Å². The average Bonchev–Trinajstić information content (AvgIpc) is 3.43. The molecule has 3 aromatic rings. The van der Waals surface area contributed by atoms with Crippen molar-refractivity contribution in [2.24, 2.45) is 0 Å². The van der Waals surface area contributed by atoms with Crippen molar-refractivity contribution in [3.05, 3.63) is 83.2 Å². The van der Waals surface area contributed by atoms with Crippen LogP contribution in [0.15, 0.2) is 60.7 Å². The second-order valence-corrected chi connectivity index (χ2v) is 9.89. The summed E-state index contributed by atoms with van der Waals surface area (Å²) in [6.07, 6.45) is -5.40. The van der Waals surface area contributed by atoms with Crippen LogP contribution in [0.1, 0.15) is 30.0 Å². The first-order valence-corrected chi connectivity index (χ1v) is 12.7. The number of fused-ring (bicyclic) bond motifs is 2. The fourth-order valence-corrected chi connectivity index (χ4v) is 5.13. The summed E-state index contributed by atoms with van der Waals surface area (Å²) in [5.74, 6) is -2.09. The van der Waals surface area contributed by atoms with Crippen molar-refractivity contribution >= 4 is 17.9 Å². The van der Waals surface area contributed by atoms with Crippen LogP contribution in [-0.4, -0.2) is 58.6 Å². The van der Waals surface area contributed by atoms with Gasteiger partial charge < -0.3 is 14.4 Å². The van der Waals surface area contributed by atoms with E-state index in [2.05, 4.69) is 4.98 Å². The number of benzene rings is 2. The zero-order valence-electron chi connectivity index (χ0n) is 22.1. The van der Waals surface area contributed by atoms with Crippen molar-refractivity contribution in [1.29, 1.82) is 0 Å². The number of pyridine rings is 1. The first-order chi connectivity index (χ1) is 19.4. The highest BCUT2D eigenvalue weighted by Crippen LogP contribution is 2.46. The van der Waals surface area contributed by atoms with Crippen LogP contribution in [0.4, 0.5) is 22.4 Å². The van der Waals surface area contributed by atoms with Crippen LogP contribution in [0.25, 0.3) is 11.3 Å². The van der Waals surface area contributed by atoms with E-state index in [1.807, 2.05) is 6.07 Å². The third kappa shape index (κ3) is 5.21. The highest BCUT2D eigenvalue weighted by molar-refractivity contribution is 6.06. The van der Waals surface area contributed by atoms with Gasteiger partial charge in [0.1, 0.15) is 18.4 Å². The number of hydrogen-bond acceptors (Lipinski definition) is 6. The van der Waals surface area contributed by atoms with E-state index in [4.69, 9.17) is 9.47 Å². The quantitative estimate of drug-likeness (QED) is 0.371. The summed E-state index contributed by atoms with van der Waals surface area (Å²) in [5.41, 5.74) is 1.14. The number of nitrogens with zero attached hydrogens (tertiary/aromatic N) is 3. The summed E-state index contributed by atoms with van der Waals surface area (Å²) in [6.45, 7) is -0.650. The minimum atomic E-state index is -4.79. The molecule has 12 heteroatoms. The predicted octanol–water partition coefficient (Wildman–Crippen LogP) is 5.00. The van der Waals surface area contributed by atoms with E-state index in [9.17, 15) is 31.9 Å². The number of hydrogen-bond donors (Lipinski definition) is 0. The zero-order chi connectivity index (χ0) is 29.5. The lowest BCUT2D eigenvalue weighted by Gasteiger charge is -2.31. The van der Waals surface area contributed by atoms with Crippen LogP contribution in [0.5, 0.6) is 5.88 Å². The number of aryl methyl sites for hydroxylation is 1. The third-order valence-corrected chi connectivity index (χ3v) is 7.41. The van der Waals surface area contributed by atoms with Gasteiger partial charge in [-0.15, -0.1) is 0 Å². The molecular weight excluding hydrogens is 546 g/mol. The third-order valence-electron chi connectivity index (χ3n) is 7.41. The molecule has 2 atom stereocenters. The molecule has 1 fully saturated rings. The van der Waals surface area contributed by atoms with Crippen molar-refractivity contribution in [2.75, 3.05) is 13.7 Å². The van der Waals surface area contributed by atoms with Gasteiger partial charge in [-0.2, -0.15) is 13.2 Å². The van der Waals surface area contributed by atoms with Crippen LogP contribution in [0.2, 0.25) is 0 Å². The van der Waals surface area contributed by atoms with E-state index in [-0.39, 0.29) is 12.0 Å². The largest absolute Gasteiger partial charge is 0.481 e. The van der Waals surface area contributed by atoms with Gasteiger partial charge >= 0.3 is 12.3 Å². The second kappa shape index (κ2) is 10.5. The van der Waals surface area contributed by atoms with Crippen LogP contribution in [-0.2, 0) is 32.9 Å². The number of halogens is 4. The van der Waals surface area contributed by atoms with E-state index >= 15 is 0 Å². The molecule has 8 nitrogen and oxygen atoms in total. The predicted molar refractivity (Wildman–Crippen MR) is 137 cm³/mol. The zero-order valence-corrected chi connectivity index (χ0v) is 22.1. The maximum Gasteiger partial charge on any atom is 0.418 e. The molecule has 2 heterocycles. The summed E-state index contributed by atoms with van der Waals surface area (Å²) in [4.78, 5) is 45.1. The van der Waals surface area contributed by atoms with Crippen molar-refractivity contribution in [3.8, 4) is 17.1 Å². The lowest BCUT2D eigenvalue weighted by molar-refractivity contribution is -0.187. The summed E-state index contributed by atoms with van der Waals surface area (Å²) in [6, 6.07) is 12.9. The van der Waals surface area contributed by atoms with Gasteiger partial charge in [-0.3, -0.25) is 9.59 Å². The number of carbonyl (C=O) groups excluding carboxylic acids is 3. The molecule has 3 amide bonds. The molecule has 0 bridgehead atoms. The Morgan fingerprint density at radius 1 is 1.15 bits per heavy atom. The average molecular weight is 572 g/mol. The lowest BCUT2D eigenvalue weighted by Crippen LogP contribution is -2.51. The van der Waals surface area contributed by atoms with E-state index in [0.717, 1.165) is 30.2 Å². The van der Waals surface area contributed by atoms with Gasteiger partial charge in [0.15, 0.2) is 0 Å². The fraction of sp³-hybridized carbons (Fsp3) is 0.310. The number of alkyl halides is 3. The Balaban J connectivity index is 1.39. The molecule has 0 radical (unpaired) electrons. The topological polar surface area (TPSA) is 89.0 Å². The van der Waals surface area contributed by atoms with Gasteiger partial charge in [-0.05, 0) is 48.7 Å². The van der Waals surface area contributed by atoms with Crippen molar-refractivity contribution in [3.63, 3.8) is 0 Å². The van der Waals surface area contributed by atoms with Gasteiger partial charge in [-0.1, -0.05) is 30.3 Å². The fourth-order valence-electron chi connectivity index (χ4n) is 5.13. The van der Waals surface area contributed by atoms with Crippen LogP contribution in [0, 0.1) is 5.82 Å². The maximum absolute atomic E-state index is 13.7. The van der Waals surface area contributed by atoms with Gasteiger partial charge in [0.25, 0.3) is 5.91 Å². The molecular formula is C29H25F4N3O5. The normalized spacial score (nSPS) is 18.8. The number of rotatable bonds is 7. The molecule has 0 saturated carbocycles. The van der Waals surface area contributed by atoms with Gasteiger partial charge in [-0.25, -0.2) is 19.1 Å². The van der Waals surface area contributed by atoms with Gasteiger partial charge in [0.2, 0.25) is 17.4 Å². The highest BCUT2D eigenvalue weighted by atomic mass is 19.4. The summed E-state index contributed by atoms with van der Waals surface area (Å²) < 4.78 is 65.0. The molecule has 1 aliphatic carbocycles. The van der Waals surface area contributed by atoms with E-state index in [0.29, 0.717) is 33.4 Å². The SMILES string of the molecule is COc1cccc(-c2ccc3c(c2)CC[C@@]32OC(=O)N(CC(=O)N(Cc3ccc(F)cc3)[C@@H](C)C(F)(F)F)C2=O)n1. The van der Waals surface area contributed by atoms with Crippen molar-refractivity contribution in [2.45, 2.75) is 44.1 Å². The molecule has 2 aliphatic rings. The number of aromatic nitrogens is 1. The summed E-state index contributed by atoms with van der Waals surface area (Å²) in [5, 5.41) is 0. The van der Waals surface area contributed by atoms with Crippen molar-refractivity contribution < 1.29 is 41.4 Å². The molecule has 41 heavy (non-hydrogen) atoms. The molecule has 1 aliphatic heterocycles. The molecule has 214 valence electrons. The van der Waals surface area contributed by atoms with E-state index < -0.39 is 54.6 Å². The Hall–Kier alpha value is -4.48.